The van der Waals surface area contributed by atoms with Crippen LogP contribution in [0.5, 0.6) is 0 Å². The zero-order valence-electron chi connectivity index (χ0n) is 16.7. The van der Waals surface area contributed by atoms with Gasteiger partial charge in [0.25, 0.3) is 0 Å². The van der Waals surface area contributed by atoms with Crippen molar-refractivity contribution < 1.29 is 18.7 Å². The molecule has 1 saturated heterocycles. The fourth-order valence-corrected chi connectivity index (χ4v) is 3.63. The second-order valence-electron chi connectivity index (χ2n) is 7.09. The molecule has 0 saturated carbocycles. The third kappa shape index (κ3) is 4.51. The van der Waals surface area contributed by atoms with Crippen LogP contribution in [-0.4, -0.2) is 34.8 Å². The number of ketones is 1. The number of aryl methyl sites for hydroxylation is 1. The number of amides is 1. The topological polar surface area (TPSA) is 64.4 Å². The number of cyclic esters (lactones) is 1. The maximum Gasteiger partial charge on any atom is 0.414 e. The highest BCUT2D eigenvalue weighted by atomic mass is 35.5. The van der Waals surface area contributed by atoms with E-state index in [1.807, 2.05) is 0 Å². The van der Waals surface area contributed by atoms with Gasteiger partial charge in [-0.3, -0.25) is 9.69 Å². The first-order valence-electron chi connectivity index (χ1n) is 9.66. The van der Waals surface area contributed by atoms with Crippen molar-refractivity contribution in [3.05, 3.63) is 88.0 Å². The number of benzene rings is 2. The summed E-state index contributed by atoms with van der Waals surface area (Å²) in [6.45, 7) is 2.97. The van der Waals surface area contributed by atoms with Gasteiger partial charge in [0.2, 0.25) is 0 Å². The van der Waals surface area contributed by atoms with Crippen molar-refractivity contribution in [2.45, 2.75) is 13.5 Å². The predicted molar refractivity (Wildman–Crippen MR) is 116 cm³/mol. The average molecular weight is 440 g/mol. The molecule has 0 spiro atoms. The third-order valence-electron chi connectivity index (χ3n) is 4.96. The quantitative estimate of drug-likeness (QED) is 0.405. The summed E-state index contributed by atoms with van der Waals surface area (Å²) in [5.74, 6) is -0.532. The Morgan fingerprint density at radius 1 is 1.26 bits per heavy atom. The number of aromatic nitrogens is 2. The van der Waals surface area contributed by atoms with Gasteiger partial charge in [-0.2, -0.15) is 5.10 Å². The van der Waals surface area contributed by atoms with Gasteiger partial charge < -0.3 is 4.74 Å². The molecule has 0 bridgehead atoms. The van der Waals surface area contributed by atoms with E-state index in [2.05, 4.69) is 5.10 Å². The van der Waals surface area contributed by atoms with E-state index < -0.39 is 6.09 Å². The predicted octanol–water partition coefficient (Wildman–Crippen LogP) is 4.89. The zero-order chi connectivity index (χ0) is 22.0. The molecule has 1 amide bonds. The minimum Gasteiger partial charge on any atom is -0.447 e. The molecule has 1 aliphatic rings. The van der Waals surface area contributed by atoms with Crippen LogP contribution in [0, 0.1) is 12.7 Å². The van der Waals surface area contributed by atoms with E-state index in [0.717, 1.165) is 5.56 Å². The van der Waals surface area contributed by atoms with Crippen LogP contribution in [0.4, 0.5) is 14.9 Å². The Morgan fingerprint density at radius 3 is 2.74 bits per heavy atom. The molecule has 0 aliphatic carbocycles. The van der Waals surface area contributed by atoms with Crippen molar-refractivity contribution in [3.8, 4) is 0 Å². The summed E-state index contributed by atoms with van der Waals surface area (Å²) in [5.41, 5.74) is 3.22. The van der Waals surface area contributed by atoms with E-state index in [0.29, 0.717) is 47.4 Å². The number of nitrogens with zero attached hydrogens (tertiary/aromatic N) is 3. The van der Waals surface area contributed by atoms with Gasteiger partial charge in [0.05, 0.1) is 18.8 Å². The summed E-state index contributed by atoms with van der Waals surface area (Å²) in [6, 6.07) is 12.9. The molecule has 3 aromatic rings. The van der Waals surface area contributed by atoms with E-state index >= 15 is 0 Å². The number of carbonyl (C=O) groups excluding carboxylic acids is 2. The molecule has 1 aliphatic heterocycles. The van der Waals surface area contributed by atoms with Gasteiger partial charge in [-0.1, -0.05) is 35.9 Å². The molecule has 2 aromatic carbocycles. The molecule has 8 heteroatoms. The Bertz CT molecular complexity index is 1170. The first-order valence-corrected chi connectivity index (χ1v) is 10.0. The van der Waals surface area contributed by atoms with Gasteiger partial charge in [0.15, 0.2) is 5.78 Å². The van der Waals surface area contributed by atoms with Crippen molar-refractivity contribution in [1.82, 2.24) is 9.78 Å². The number of ether oxygens (including phenoxy) is 1. The van der Waals surface area contributed by atoms with E-state index in [-0.39, 0.29) is 11.6 Å². The molecule has 4 rings (SSSR count). The third-order valence-corrected chi connectivity index (χ3v) is 5.36. The normalized spacial score (nSPS) is 13.8. The summed E-state index contributed by atoms with van der Waals surface area (Å²) >= 11 is 6.47. The molecule has 1 fully saturated rings. The number of hydrogen-bond donors (Lipinski definition) is 0. The second-order valence-corrected chi connectivity index (χ2v) is 7.45. The molecule has 1 aromatic heterocycles. The van der Waals surface area contributed by atoms with E-state index in [1.165, 1.54) is 23.1 Å². The standard InChI is InChI=1S/C23H19ClFN3O3/c1-15-20(22(24)28(26-15)14-16-5-7-18(25)8-6-16)9-10-21(29)17-3-2-4-19(13-17)27-11-12-31-23(27)30/h2-10,13H,11-12,14H2,1H3/b10-9+. The van der Waals surface area contributed by atoms with Crippen LogP contribution >= 0.6 is 11.6 Å². The molecule has 0 radical (unpaired) electrons. The zero-order valence-corrected chi connectivity index (χ0v) is 17.5. The van der Waals surface area contributed by atoms with Crippen LogP contribution < -0.4 is 4.90 Å². The lowest BCUT2D eigenvalue weighted by molar-refractivity contribution is 0.104. The van der Waals surface area contributed by atoms with Crippen LogP contribution in [0.15, 0.2) is 54.6 Å². The summed E-state index contributed by atoms with van der Waals surface area (Å²) in [5, 5.41) is 4.81. The second kappa shape index (κ2) is 8.73. The van der Waals surface area contributed by atoms with Gasteiger partial charge in [0, 0.05) is 16.8 Å². The average Bonchev–Trinajstić information content (AvgIpc) is 3.31. The van der Waals surface area contributed by atoms with Crippen molar-refractivity contribution in [3.63, 3.8) is 0 Å². The van der Waals surface area contributed by atoms with Gasteiger partial charge in [-0.25, -0.2) is 13.9 Å². The summed E-state index contributed by atoms with van der Waals surface area (Å²) in [7, 11) is 0. The summed E-state index contributed by atoms with van der Waals surface area (Å²) in [6.07, 6.45) is 2.64. The molecular formula is C23H19ClFN3O3. The fourth-order valence-electron chi connectivity index (χ4n) is 3.33. The molecule has 2 heterocycles. The number of carbonyl (C=O) groups is 2. The smallest absolute Gasteiger partial charge is 0.414 e. The van der Waals surface area contributed by atoms with Gasteiger partial charge in [0.1, 0.15) is 17.6 Å². The molecule has 0 unspecified atom stereocenters. The van der Waals surface area contributed by atoms with E-state index in [4.69, 9.17) is 16.3 Å². The monoisotopic (exact) mass is 439 g/mol. The lowest BCUT2D eigenvalue weighted by Crippen LogP contribution is -2.23. The highest BCUT2D eigenvalue weighted by molar-refractivity contribution is 6.31. The van der Waals surface area contributed by atoms with Crippen LogP contribution in [0.2, 0.25) is 5.15 Å². The number of allylic oxidation sites excluding steroid dienone is 1. The SMILES string of the molecule is Cc1nn(Cc2ccc(F)cc2)c(Cl)c1/C=C/C(=O)c1cccc(N2CCOC2=O)c1. The lowest BCUT2D eigenvalue weighted by Gasteiger charge is -2.13. The van der Waals surface area contributed by atoms with Crippen LogP contribution in [0.1, 0.15) is 27.2 Å². The largest absolute Gasteiger partial charge is 0.447 e. The van der Waals surface area contributed by atoms with Gasteiger partial charge in [-0.05, 0) is 48.9 Å². The molecule has 158 valence electrons. The molecule has 0 N–H and O–H groups in total. The van der Waals surface area contributed by atoms with E-state index in [1.54, 1.807) is 54.1 Å². The molecular weight excluding hydrogens is 421 g/mol. The summed E-state index contributed by atoms with van der Waals surface area (Å²) < 4.78 is 19.7. The van der Waals surface area contributed by atoms with E-state index in [9.17, 15) is 14.0 Å². The lowest BCUT2D eigenvalue weighted by atomic mass is 10.1. The minimum atomic E-state index is -0.420. The van der Waals surface area contributed by atoms with Crippen molar-refractivity contribution in [2.75, 3.05) is 18.1 Å². The Kier molecular flexibility index (Phi) is 5.86. The number of halogens is 2. The number of anilines is 1. The van der Waals surface area contributed by atoms with Gasteiger partial charge in [-0.15, -0.1) is 0 Å². The first kappa shape index (κ1) is 20.8. The molecule has 6 nitrogen and oxygen atoms in total. The molecule has 31 heavy (non-hydrogen) atoms. The number of hydrogen-bond acceptors (Lipinski definition) is 4. The Balaban J connectivity index is 1.52. The Morgan fingerprint density at radius 2 is 2.03 bits per heavy atom. The van der Waals surface area contributed by atoms with Crippen LogP contribution in [0.25, 0.3) is 6.08 Å². The highest BCUT2D eigenvalue weighted by Crippen LogP contribution is 2.24. The van der Waals surface area contributed by atoms with Crippen LogP contribution in [-0.2, 0) is 11.3 Å². The van der Waals surface area contributed by atoms with Crippen molar-refractivity contribution in [2.24, 2.45) is 0 Å². The van der Waals surface area contributed by atoms with Gasteiger partial charge >= 0.3 is 6.09 Å². The van der Waals surface area contributed by atoms with Crippen molar-refractivity contribution in [1.29, 1.82) is 0 Å². The van der Waals surface area contributed by atoms with Crippen molar-refractivity contribution >= 4 is 35.2 Å². The summed E-state index contributed by atoms with van der Waals surface area (Å²) in [4.78, 5) is 25.9. The highest BCUT2D eigenvalue weighted by Gasteiger charge is 2.24. The van der Waals surface area contributed by atoms with Crippen LogP contribution in [0.3, 0.4) is 0 Å². The minimum absolute atomic E-state index is 0.226. The Hall–Kier alpha value is -3.45. The maximum atomic E-state index is 13.1. The maximum absolute atomic E-state index is 13.1. The number of rotatable bonds is 6. The molecule has 0 atom stereocenters. The Labute approximate surface area is 183 Å². The first-order chi connectivity index (χ1) is 14.9. The fraction of sp³-hybridized carbons (Fsp3) is 0.174.